The standard InChI is InChI=1S/C18H16ClF3N2O4/c1-17(27,18(20,21)22)16(26)24-14-8-5-11(9-13(14)19)23-15(25)10-3-6-12(28-2)7-4-10/h3-9,27H,1-2H3,(H,23,25)(H,24,26). The maximum Gasteiger partial charge on any atom is 0.426 e. The van der Waals surface area contributed by atoms with Crippen molar-refractivity contribution in [1.82, 2.24) is 0 Å². The van der Waals surface area contributed by atoms with Gasteiger partial charge in [0.25, 0.3) is 11.8 Å². The first-order chi connectivity index (χ1) is 13.0. The smallest absolute Gasteiger partial charge is 0.426 e. The van der Waals surface area contributed by atoms with Crippen LogP contribution in [0.1, 0.15) is 17.3 Å². The van der Waals surface area contributed by atoms with Crippen LogP contribution in [0.25, 0.3) is 0 Å². The first-order valence-electron chi connectivity index (χ1n) is 7.81. The van der Waals surface area contributed by atoms with E-state index in [0.29, 0.717) is 18.2 Å². The number of aliphatic hydroxyl groups is 1. The van der Waals surface area contributed by atoms with Crippen molar-refractivity contribution in [1.29, 1.82) is 0 Å². The maximum atomic E-state index is 12.7. The Morgan fingerprint density at radius 3 is 2.18 bits per heavy atom. The Hall–Kier alpha value is -2.78. The number of carbonyl (C=O) groups excluding carboxylic acids is 2. The second kappa shape index (κ2) is 8.07. The molecule has 0 aliphatic rings. The number of carbonyl (C=O) groups is 2. The summed E-state index contributed by atoms with van der Waals surface area (Å²) < 4.78 is 43.1. The molecule has 28 heavy (non-hydrogen) atoms. The zero-order chi connectivity index (χ0) is 21.1. The Labute approximate surface area is 163 Å². The average Bonchev–Trinajstić information content (AvgIpc) is 2.62. The molecule has 10 heteroatoms. The predicted octanol–water partition coefficient (Wildman–Crippen LogP) is 3.85. The second-order valence-electron chi connectivity index (χ2n) is 5.90. The lowest BCUT2D eigenvalue weighted by atomic mass is 10.1. The van der Waals surface area contributed by atoms with Crippen LogP contribution in [0.3, 0.4) is 0 Å². The fourth-order valence-corrected chi connectivity index (χ4v) is 2.24. The van der Waals surface area contributed by atoms with Crippen molar-refractivity contribution in [3.63, 3.8) is 0 Å². The Kier molecular flexibility index (Phi) is 6.20. The summed E-state index contributed by atoms with van der Waals surface area (Å²) in [5, 5.41) is 13.7. The molecule has 0 aromatic heterocycles. The van der Waals surface area contributed by atoms with Gasteiger partial charge in [0.1, 0.15) is 5.75 Å². The molecule has 1 unspecified atom stereocenters. The van der Waals surface area contributed by atoms with Crippen molar-refractivity contribution in [3.8, 4) is 5.75 Å². The Morgan fingerprint density at radius 2 is 1.68 bits per heavy atom. The lowest BCUT2D eigenvalue weighted by molar-refractivity contribution is -0.242. The van der Waals surface area contributed by atoms with Gasteiger partial charge in [-0.05, 0) is 49.4 Å². The van der Waals surface area contributed by atoms with Crippen LogP contribution >= 0.6 is 11.6 Å². The molecular weight excluding hydrogens is 401 g/mol. The van der Waals surface area contributed by atoms with E-state index in [4.69, 9.17) is 16.3 Å². The highest BCUT2D eigenvalue weighted by molar-refractivity contribution is 6.34. The summed E-state index contributed by atoms with van der Waals surface area (Å²) in [5.41, 5.74) is -3.14. The molecule has 0 aliphatic carbocycles. The number of ether oxygens (including phenoxy) is 1. The largest absolute Gasteiger partial charge is 0.497 e. The minimum Gasteiger partial charge on any atom is -0.497 e. The third kappa shape index (κ3) is 4.73. The topological polar surface area (TPSA) is 87.7 Å². The van der Waals surface area contributed by atoms with Crippen LogP contribution in [0.5, 0.6) is 5.75 Å². The van der Waals surface area contributed by atoms with Crippen molar-refractivity contribution in [2.24, 2.45) is 0 Å². The van der Waals surface area contributed by atoms with E-state index in [9.17, 15) is 27.9 Å². The number of nitrogens with one attached hydrogen (secondary N) is 2. The SMILES string of the molecule is COc1ccc(C(=O)Nc2ccc(NC(=O)C(C)(O)C(F)(F)F)c(Cl)c2)cc1. The van der Waals surface area contributed by atoms with Gasteiger partial charge in [-0.15, -0.1) is 0 Å². The minimum absolute atomic E-state index is 0.126. The van der Waals surface area contributed by atoms with E-state index >= 15 is 0 Å². The van der Waals surface area contributed by atoms with E-state index in [2.05, 4.69) is 5.32 Å². The summed E-state index contributed by atoms with van der Waals surface area (Å²) in [5.74, 6) is -1.55. The molecule has 2 aromatic rings. The van der Waals surface area contributed by atoms with Crippen molar-refractivity contribution in [3.05, 3.63) is 53.1 Å². The second-order valence-corrected chi connectivity index (χ2v) is 6.31. The molecule has 0 fully saturated rings. The third-order valence-corrected chi connectivity index (χ3v) is 4.13. The molecule has 2 amide bonds. The van der Waals surface area contributed by atoms with Crippen LogP contribution in [-0.2, 0) is 4.79 Å². The first kappa shape index (κ1) is 21.5. The van der Waals surface area contributed by atoms with Gasteiger partial charge in [-0.2, -0.15) is 13.2 Å². The zero-order valence-electron chi connectivity index (χ0n) is 14.7. The van der Waals surface area contributed by atoms with Gasteiger partial charge in [-0.3, -0.25) is 9.59 Å². The van der Waals surface area contributed by atoms with E-state index in [-0.39, 0.29) is 16.4 Å². The number of alkyl halides is 3. The number of methoxy groups -OCH3 is 1. The van der Waals surface area contributed by atoms with E-state index in [1.54, 1.807) is 24.3 Å². The van der Waals surface area contributed by atoms with Gasteiger partial charge in [0.15, 0.2) is 0 Å². The van der Waals surface area contributed by atoms with E-state index in [1.807, 2.05) is 5.32 Å². The first-order valence-corrected chi connectivity index (χ1v) is 8.19. The third-order valence-electron chi connectivity index (χ3n) is 3.82. The highest BCUT2D eigenvalue weighted by Gasteiger charge is 2.55. The quantitative estimate of drug-likeness (QED) is 0.690. The van der Waals surface area contributed by atoms with Gasteiger partial charge in [0, 0.05) is 11.3 Å². The molecule has 0 saturated heterocycles. The molecule has 2 rings (SSSR count). The summed E-state index contributed by atoms with van der Waals surface area (Å²) >= 11 is 5.96. The predicted molar refractivity (Wildman–Crippen MR) is 97.7 cm³/mol. The Bertz CT molecular complexity index is 883. The van der Waals surface area contributed by atoms with Crippen molar-refractivity contribution in [2.45, 2.75) is 18.7 Å². The summed E-state index contributed by atoms with van der Waals surface area (Å²) in [6.07, 6.45) is -5.16. The molecule has 150 valence electrons. The zero-order valence-corrected chi connectivity index (χ0v) is 15.5. The van der Waals surface area contributed by atoms with E-state index in [0.717, 1.165) is 0 Å². The lowest BCUT2D eigenvalue weighted by Crippen LogP contribution is -2.52. The van der Waals surface area contributed by atoms with Gasteiger partial charge in [-0.25, -0.2) is 0 Å². The lowest BCUT2D eigenvalue weighted by Gasteiger charge is -2.25. The molecule has 0 radical (unpaired) electrons. The van der Waals surface area contributed by atoms with Crippen molar-refractivity contribution in [2.75, 3.05) is 17.7 Å². The number of hydrogen-bond acceptors (Lipinski definition) is 4. The Balaban J connectivity index is 2.11. The molecule has 0 heterocycles. The number of hydrogen-bond donors (Lipinski definition) is 3. The minimum atomic E-state index is -5.16. The number of rotatable bonds is 5. The van der Waals surface area contributed by atoms with Crippen LogP contribution in [0.4, 0.5) is 24.5 Å². The number of benzene rings is 2. The molecule has 0 spiro atoms. The molecule has 0 saturated carbocycles. The number of anilines is 2. The number of halogens is 4. The summed E-state index contributed by atoms with van der Waals surface area (Å²) in [6.45, 7) is 0.333. The Morgan fingerprint density at radius 1 is 1.07 bits per heavy atom. The fourth-order valence-electron chi connectivity index (χ4n) is 2.01. The molecule has 0 aliphatic heterocycles. The van der Waals surface area contributed by atoms with Crippen LogP contribution in [0.15, 0.2) is 42.5 Å². The fraction of sp³-hybridized carbons (Fsp3) is 0.222. The molecular formula is C18H16ClF3N2O4. The van der Waals surface area contributed by atoms with Gasteiger partial charge in [0.05, 0.1) is 17.8 Å². The average molecular weight is 417 g/mol. The summed E-state index contributed by atoms with van der Waals surface area (Å²) in [4.78, 5) is 23.9. The molecule has 6 nitrogen and oxygen atoms in total. The van der Waals surface area contributed by atoms with Crippen molar-refractivity contribution >= 4 is 34.8 Å². The van der Waals surface area contributed by atoms with Crippen LogP contribution < -0.4 is 15.4 Å². The van der Waals surface area contributed by atoms with Gasteiger partial charge < -0.3 is 20.5 Å². The summed E-state index contributed by atoms with van der Waals surface area (Å²) in [6, 6.07) is 10.1. The van der Waals surface area contributed by atoms with Gasteiger partial charge in [0.2, 0.25) is 5.60 Å². The van der Waals surface area contributed by atoms with Crippen LogP contribution in [-0.4, -0.2) is 35.8 Å². The summed E-state index contributed by atoms with van der Waals surface area (Å²) in [7, 11) is 1.49. The molecule has 3 N–H and O–H groups in total. The molecule has 1 atom stereocenters. The highest BCUT2D eigenvalue weighted by Crippen LogP contribution is 2.32. The van der Waals surface area contributed by atoms with Crippen molar-refractivity contribution < 1.29 is 32.6 Å². The molecule has 0 bridgehead atoms. The number of amides is 2. The van der Waals surface area contributed by atoms with Crippen LogP contribution in [0, 0.1) is 0 Å². The van der Waals surface area contributed by atoms with E-state index < -0.39 is 23.6 Å². The molecule has 2 aromatic carbocycles. The van der Waals surface area contributed by atoms with E-state index in [1.165, 1.54) is 25.3 Å². The van der Waals surface area contributed by atoms with Gasteiger partial charge >= 0.3 is 6.18 Å². The monoisotopic (exact) mass is 416 g/mol. The normalized spacial score (nSPS) is 13.4. The van der Waals surface area contributed by atoms with Crippen LogP contribution in [0.2, 0.25) is 5.02 Å². The van der Waals surface area contributed by atoms with Gasteiger partial charge in [-0.1, -0.05) is 11.6 Å². The maximum absolute atomic E-state index is 12.7. The highest BCUT2D eigenvalue weighted by atomic mass is 35.5.